The molecule has 2 rings (SSSR count). The van der Waals surface area contributed by atoms with Crippen molar-refractivity contribution in [3.8, 4) is 11.1 Å². The number of rotatable bonds is 7. The van der Waals surface area contributed by atoms with Crippen molar-refractivity contribution >= 4 is 11.6 Å². The molecule has 0 aliphatic rings. The van der Waals surface area contributed by atoms with Crippen LogP contribution in [-0.2, 0) is 18.5 Å². The second-order valence-electron chi connectivity index (χ2n) is 7.43. The molecule has 0 aliphatic heterocycles. The van der Waals surface area contributed by atoms with Gasteiger partial charge in [0.05, 0.1) is 16.1 Å². The first-order valence-corrected chi connectivity index (χ1v) is 9.80. The third-order valence-corrected chi connectivity index (χ3v) is 5.40. The zero-order valence-electron chi connectivity index (χ0n) is 18.0. The third-order valence-electron chi connectivity index (χ3n) is 5.40. The zero-order chi connectivity index (χ0) is 27.1. The number of hydrogen-bond acceptors (Lipinski definition) is 3. The standard InChI is InChI=1S/C21H17F9N2O3/c1-3-10-8-12(18(22,20(25,26)27)19(23,24)21(28,29)30)9-11(4-2)15(10)16-13(17(31)33)6-5-7-14(16)32(34)35/h5-9H,3-4H2,1-2H3,(H2,31,33). The molecule has 0 aliphatic carbocycles. The number of halogens is 9. The van der Waals surface area contributed by atoms with Gasteiger partial charge in [0.1, 0.15) is 0 Å². The van der Waals surface area contributed by atoms with Crippen LogP contribution in [0.1, 0.15) is 40.9 Å². The minimum Gasteiger partial charge on any atom is -0.366 e. The van der Waals surface area contributed by atoms with Gasteiger partial charge in [0.25, 0.3) is 5.69 Å². The van der Waals surface area contributed by atoms with E-state index in [2.05, 4.69) is 0 Å². The number of aryl methyl sites for hydroxylation is 2. The molecule has 0 spiro atoms. The quantitative estimate of drug-likeness (QED) is 0.262. The average molecular weight is 516 g/mol. The number of alkyl halides is 9. The molecule has 2 aromatic carbocycles. The van der Waals surface area contributed by atoms with Crippen LogP contribution in [0.3, 0.4) is 0 Å². The SMILES string of the molecule is CCc1cc(C(F)(C(F)(F)F)C(F)(F)C(F)(F)F)cc(CC)c1-c1c(C(N)=O)cccc1[N+](=O)[O-]. The van der Waals surface area contributed by atoms with Crippen molar-refractivity contribution in [2.24, 2.45) is 5.73 Å². The molecule has 2 aromatic rings. The summed E-state index contributed by atoms with van der Waals surface area (Å²) in [6.07, 6.45) is -14.4. The highest BCUT2D eigenvalue weighted by Gasteiger charge is 2.81. The van der Waals surface area contributed by atoms with E-state index in [1.807, 2.05) is 0 Å². The molecule has 5 nitrogen and oxygen atoms in total. The van der Waals surface area contributed by atoms with Crippen molar-refractivity contribution in [1.29, 1.82) is 0 Å². The number of primary amides is 1. The molecule has 1 amide bonds. The van der Waals surface area contributed by atoms with Crippen LogP contribution >= 0.6 is 0 Å². The lowest BCUT2D eigenvalue weighted by Gasteiger charge is -2.36. The van der Waals surface area contributed by atoms with E-state index in [1.54, 1.807) is 0 Å². The average Bonchev–Trinajstić information content (AvgIpc) is 2.74. The van der Waals surface area contributed by atoms with Crippen LogP contribution in [0.25, 0.3) is 11.1 Å². The number of nitrogens with two attached hydrogens (primary N) is 1. The molecule has 0 heterocycles. The van der Waals surface area contributed by atoms with Crippen LogP contribution < -0.4 is 5.73 Å². The monoisotopic (exact) mass is 516 g/mol. The fourth-order valence-electron chi connectivity index (χ4n) is 3.72. The first kappa shape index (κ1) is 27.9. The minimum absolute atomic E-state index is 0.142. The minimum atomic E-state index is -6.91. The molecule has 0 saturated heterocycles. The molecule has 1 unspecified atom stereocenters. The highest BCUT2D eigenvalue weighted by atomic mass is 19.4. The van der Waals surface area contributed by atoms with Crippen molar-refractivity contribution in [3.05, 3.63) is 62.7 Å². The number of carbonyl (C=O) groups excluding carboxylic acids is 1. The topological polar surface area (TPSA) is 86.2 Å². The number of amides is 1. The third kappa shape index (κ3) is 4.41. The van der Waals surface area contributed by atoms with E-state index in [-0.39, 0.29) is 30.5 Å². The summed E-state index contributed by atoms with van der Waals surface area (Å²) in [6.45, 7) is 2.49. The number of nitro groups is 1. The van der Waals surface area contributed by atoms with Gasteiger partial charge in [0, 0.05) is 11.6 Å². The smallest absolute Gasteiger partial charge is 0.366 e. The number of nitrogens with zero attached hydrogens (tertiary/aromatic N) is 1. The van der Waals surface area contributed by atoms with Crippen LogP contribution in [0, 0.1) is 10.1 Å². The van der Waals surface area contributed by atoms with E-state index < -0.39 is 68.3 Å². The number of carbonyl (C=O) groups is 1. The van der Waals surface area contributed by atoms with Gasteiger partial charge in [-0.15, -0.1) is 0 Å². The van der Waals surface area contributed by atoms with Gasteiger partial charge in [-0.3, -0.25) is 14.9 Å². The molecule has 1 atom stereocenters. The van der Waals surface area contributed by atoms with Gasteiger partial charge >= 0.3 is 23.9 Å². The second-order valence-corrected chi connectivity index (χ2v) is 7.43. The molecule has 0 bridgehead atoms. The Morgan fingerprint density at radius 1 is 0.886 bits per heavy atom. The fraction of sp³-hybridized carbons (Fsp3) is 0.381. The summed E-state index contributed by atoms with van der Waals surface area (Å²) in [7, 11) is 0. The maximum absolute atomic E-state index is 15.1. The predicted molar refractivity (Wildman–Crippen MR) is 106 cm³/mol. The Morgan fingerprint density at radius 3 is 1.71 bits per heavy atom. The zero-order valence-corrected chi connectivity index (χ0v) is 18.0. The number of hydrogen-bond donors (Lipinski definition) is 1. The van der Waals surface area contributed by atoms with E-state index in [1.165, 1.54) is 13.8 Å². The molecule has 192 valence electrons. The van der Waals surface area contributed by atoms with Gasteiger partial charge in [-0.05, 0) is 35.6 Å². The fourth-order valence-corrected chi connectivity index (χ4v) is 3.72. The number of benzene rings is 2. The van der Waals surface area contributed by atoms with Gasteiger partial charge in [-0.25, -0.2) is 4.39 Å². The maximum Gasteiger partial charge on any atom is 0.457 e. The van der Waals surface area contributed by atoms with E-state index >= 15 is 4.39 Å². The maximum atomic E-state index is 15.1. The molecule has 14 heteroatoms. The van der Waals surface area contributed by atoms with E-state index in [0.717, 1.165) is 18.2 Å². The molecule has 0 aromatic heterocycles. The first-order valence-electron chi connectivity index (χ1n) is 9.80. The molecule has 0 radical (unpaired) electrons. The van der Waals surface area contributed by atoms with Crippen LogP contribution in [-0.4, -0.2) is 29.1 Å². The highest BCUT2D eigenvalue weighted by molar-refractivity contribution is 6.03. The summed E-state index contributed by atoms with van der Waals surface area (Å²) in [5, 5.41) is 11.6. The van der Waals surface area contributed by atoms with Crippen LogP contribution in [0.2, 0.25) is 0 Å². The van der Waals surface area contributed by atoms with Gasteiger partial charge in [0.15, 0.2) is 0 Å². The second kappa shape index (κ2) is 9.04. The first-order chi connectivity index (χ1) is 15.9. The molecule has 0 saturated carbocycles. The largest absolute Gasteiger partial charge is 0.457 e. The normalized spacial score (nSPS) is 14.5. The molecule has 35 heavy (non-hydrogen) atoms. The van der Waals surface area contributed by atoms with E-state index in [0.29, 0.717) is 0 Å². The molecular weight excluding hydrogens is 499 g/mol. The summed E-state index contributed by atoms with van der Waals surface area (Å²) in [6, 6.07) is 3.37. The Bertz CT molecular complexity index is 1100. The van der Waals surface area contributed by atoms with Gasteiger partial charge < -0.3 is 5.73 Å². The number of nitro benzene ring substituents is 1. The van der Waals surface area contributed by atoms with Crippen LogP contribution in [0.4, 0.5) is 45.2 Å². The summed E-state index contributed by atoms with van der Waals surface area (Å²) in [4.78, 5) is 22.6. The van der Waals surface area contributed by atoms with Crippen molar-refractivity contribution in [3.63, 3.8) is 0 Å². The summed E-state index contributed by atoms with van der Waals surface area (Å²) in [5.74, 6) is -8.07. The van der Waals surface area contributed by atoms with Crippen molar-refractivity contribution in [2.45, 2.75) is 50.6 Å². The van der Waals surface area contributed by atoms with Gasteiger partial charge in [0.2, 0.25) is 5.91 Å². The molecule has 2 N–H and O–H groups in total. The predicted octanol–water partition coefficient (Wildman–Crippen LogP) is 6.41. The van der Waals surface area contributed by atoms with E-state index in [9.17, 15) is 50.0 Å². The Hall–Kier alpha value is -3.32. The van der Waals surface area contributed by atoms with Gasteiger partial charge in [-0.2, -0.15) is 35.1 Å². The summed E-state index contributed by atoms with van der Waals surface area (Å²) < 4.78 is 123. The van der Waals surface area contributed by atoms with Crippen molar-refractivity contribution < 1.29 is 49.2 Å². The molecule has 0 fully saturated rings. The Balaban J connectivity index is 3.09. The van der Waals surface area contributed by atoms with Gasteiger partial charge in [-0.1, -0.05) is 32.0 Å². The van der Waals surface area contributed by atoms with Crippen molar-refractivity contribution in [1.82, 2.24) is 0 Å². The lowest BCUT2D eigenvalue weighted by Crippen LogP contribution is -2.59. The highest BCUT2D eigenvalue weighted by Crippen LogP contribution is 2.59. The Kier molecular flexibility index (Phi) is 7.21. The Labute approximate surface area is 191 Å². The Morgan fingerprint density at radius 2 is 1.37 bits per heavy atom. The van der Waals surface area contributed by atoms with E-state index in [4.69, 9.17) is 5.73 Å². The molecular formula is C21H17F9N2O3. The van der Waals surface area contributed by atoms with Crippen LogP contribution in [0.15, 0.2) is 30.3 Å². The lowest BCUT2D eigenvalue weighted by atomic mass is 9.80. The van der Waals surface area contributed by atoms with Crippen molar-refractivity contribution in [2.75, 3.05) is 0 Å². The summed E-state index contributed by atoms with van der Waals surface area (Å²) in [5.41, 5.74) is -5.80. The summed E-state index contributed by atoms with van der Waals surface area (Å²) >= 11 is 0. The van der Waals surface area contributed by atoms with Crippen LogP contribution in [0.5, 0.6) is 0 Å². The lowest BCUT2D eigenvalue weighted by molar-refractivity contribution is -0.389.